The van der Waals surface area contributed by atoms with Crippen molar-refractivity contribution in [2.45, 2.75) is 16.9 Å². The average molecular weight is 604 g/mol. The van der Waals surface area contributed by atoms with E-state index in [2.05, 4.69) is 50.5 Å². The molecule has 0 unspecified atom stereocenters. The van der Waals surface area contributed by atoms with Crippen molar-refractivity contribution in [1.29, 1.82) is 0 Å². The molecule has 3 heterocycles. The molecular weight excluding hydrogens is 566 g/mol. The summed E-state index contributed by atoms with van der Waals surface area (Å²) in [5, 5.41) is 28.0. The van der Waals surface area contributed by atoms with E-state index in [0.29, 0.717) is 23.1 Å². The van der Waals surface area contributed by atoms with Gasteiger partial charge in [0.25, 0.3) is 5.91 Å². The highest BCUT2D eigenvalue weighted by molar-refractivity contribution is 8.04. The van der Waals surface area contributed by atoms with E-state index in [-0.39, 0.29) is 23.0 Å². The van der Waals surface area contributed by atoms with Crippen LogP contribution >= 0.6 is 34.7 Å². The Morgan fingerprint density at radius 2 is 1.65 bits per heavy atom. The summed E-state index contributed by atoms with van der Waals surface area (Å²) in [6.07, 6.45) is 0.152. The van der Waals surface area contributed by atoms with E-state index in [4.69, 9.17) is 21.4 Å². The van der Waals surface area contributed by atoms with E-state index in [1.165, 1.54) is 0 Å². The summed E-state index contributed by atoms with van der Waals surface area (Å²) < 4.78 is 6.45. The van der Waals surface area contributed by atoms with Crippen LogP contribution in [-0.2, 0) is 15.1 Å². The van der Waals surface area contributed by atoms with E-state index in [0.717, 1.165) is 53.3 Å². The third-order valence-electron chi connectivity index (χ3n) is 6.01. The van der Waals surface area contributed by atoms with Gasteiger partial charge in [-0.1, -0.05) is 47.6 Å². The van der Waals surface area contributed by atoms with Crippen molar-refractivity contribution in [2.24, 2.45) is 0 Å². The van der Waals surface area contributed by atoms with Gasteiger partial charge in [-0.15, -0.1) is 5.76 Å². The normalized spacial score (nSPS) is 19.2. The SMILES string of the molecule is CO.C[N+](C)(C)C.O=C1N[C@](c2ccc(N3CCOCC3)cc2)(c2ccsc2)CC([O-])=C1Sc1ccccc1Cl. The fourth-order valence-electron chi connectivity index (χ4n) is 4.28. The molecule has 5 rings (SSSR count). The van der Waals surface area contributed by atoms with Gasteiger partial charge >= 0.3 is 0 Å². The number of nitrogens with one attached hydrogen (secondary N) is 1. The van der Waals surface area contributed by atoms with Crippen molar-refractivity contribution in [1.82, 2.24) is 5.32 Å². The fraction of sp³-hybridized carbons (Fsp3) is 0.367. The Labute approximate surface area is 250 Å². The number of aliphatic hydroxyl groups is 1. The van der Waals surface area contributed by atoms with Crippen LogP contribution in [0.5, 0.6) is 0 Å². The van der Waals surface area contributed by atoms with Gasteiger partial charge in [0, 0.05) is 30.8 Å². The lowest BCUT2D eigenvalue weighted by Crippen LogP contribution is -2.51. The lowest BCUT2D eigenvalue weighted by Gasteiger charge is -2.42. The molecule has 2 aliphatic heterocycles. The highest BCUT2D eigenvalue weighted by Gasteiger charge is 2.40. The van der Waals surface area contributed by atoms with Crippen molar-refractivity contribution < 1.29 is 24.2 Å². The van der Waals surface area contributed by atoms with E-state index < -0.39 is 5.54 Å². The van der Waals surface area contributed by atoms with Crippen LogP contribution in [-0.4, -0.2) is 77.1 Å². The molecule has 2 N–H and O–H groups in total. The van der Waals surface area contributed by atoms with Crippen molar-refractivity contribution in [3.63, 3.8) is 0 Å². The molecule has 40 heavy (non-hydrogen) atoms. The van der Waals surface area contributed by atoms with Crippen molar-refractivity contribution in [3.05, 3.63) is 92.2 Å². The molecule has 3 aromatic rings. The predicted octanol–water partition coefficient (Wildman–Crippen LogP) is 4.30. The van der Waals surface area contributed by atoms with Gasteiger partial charge in [-0.25, -0.2) is 0 Å². The first-order valence-electron chi connectivity index (χ1n) is 12.9. The van der Waals surface area contributed by atoms with Gasteiger partial charge in [0.1, 0.15) is 0 Å². The van der Waals surface area contributed by atoms with E-state index in [9.17, 15) is 9.90 Å². The number of amides is 1. The number of halogens is 1. The second kappa shape index (κ2) is 14.4. The van der Waals surface area contributed by atoms with Crippen LogP contribution in [0, 0.1) is 0 Å². The monoisotopic (exact) mass is 603 g/mol. The number of ether oxygens (including phenoxy) is 1. The van der Waals surface area contributed by atoms with Crippen LogP contribution in [0.25, 0.3) is 0 Å². The number of carbonyl (C=O) groups excluding carboxylic acids is 1. The molecule has 1 atom stereocenters. The molecule has 216 valence electrons. The maximum absolute atomic E-state index is 13.3. The third-order valence-corrected chi connectivity index (χ3v) is 8.33. The molecule has 0 radical (unpaired) electrons. The Morgan fingerprint density at radius 3 is 2.20 bits per heavy atom. The Bertz CT molecular complexity index is 1260. The summed E-state index contributed by atoms with van der Waals surface area (Å²) in [5.74, 6) is -0.563. The first-order valence-corrected chi connectivity index (χ1v) is 15.1. The van der Waals surface area contributed by atoms with Crippen LogP contribution in [0.2, 0.25) is 5.02 Å². The molecule has 0 saturated carbocycles. The molecule has 0 bridgehead atoms. The Morgan fingerprint density at radius 1 is 1.02 bits per heavy atom. The number of quaternary nitrogens is 1. The van der Waals surface area contributed by atoms with Gasteiger partial charge in [-0.05, 0) is 58.6 Å². The average Bonchev–Trinajstić information content (AvgIpc) is 3.48. The number of hydrogen-bond donors (Lipinski definition) is 2. The van der Waals surface area contributed by atoms with Crippen molar-refractivity contribution in [3.8, 4) is 0 Å². The number of thiophene rings is 1. The number of nitrogens with zero attached hydrogens (tertiary/aromatic N) is 2. The van der Waals surface area contributed by atoms with Crippen LogP contribution in [0.1, 0.15) is 17.5 Å². The second-order valence-corrected chi connectivity index (χ2v) is 12.9. The molecule has 2 aromatic carbocycles. The smallest absolute Gasteiger partial charge is 0.258 e. The number of rotatable bonds is 5. The van der Waals surface area contributed by atoms with E-state index in [1.807, 2.05) is 47.2 Å². The molecule has 1 fully saturated rings. The lowest BCUT2D eigenvalue weighted by atomic mass is 9.79. The summed E-state index contributed by atoms with van der Waals surface area (Å²) in [5.41, 5.74) is 2.01. The molecule has 0 spiro atoms. The first-order chi connectivity index (χ1) is 19.1. The molecule has 1 aromatic heterocycles. The highest BCUT2D eigenvalue weighted by Crippen LogP contribution is 2.43. The summed E-state index contributed by atoms with van der Waals surface area (Å²) in [6, 6.07) is 17.3. The van der Waals surface area contributed by atoms with Gasteiger partial charge in [-0.2, -0.15) is 11.3 Å². The second-order valence-electron chi connectivity index (χ2n) is 10.7. The number of thioether (sulfide) groups is 1. The number of anilines is 1. The first kappa shape index (κ1) is 32.0. The minimum Gasteiger partial charge on any atom is -0.874 e. The number of aliphatic hydroxyl groups excluding tert-OH is 1. The maximum Gasteiger partial charge on any atom is 0.258 e. The molecular formula is C30H38ClN3O4S2. The number of morpholine rings is 1. The zero-order valence-corrected chi connectivity index (χ0v) is 26.0. The van der Waals surface area contributed by atoms with Gasteiger partial charge in [0.15, 0.2) is 0 Å². The lowest BCUT2D eigenvalue weighted by molar-refractivity contribution is -0.849. The van der Waals surface area contributed by atoms with Crippen LogP contribution in [0.15, 0.2) is 80.9 Å². The Kier molecular flexibility index (Phi) is 11.5. The Hall–Kier alpha value is -2.53. The predicted molar refractivity (Wildman–Crippen MR) is 164 cm³/mol. The standard InChI is InChI=1S/C25H23ClN2O3S2.C4H12N.CH4O/c26-20-3-1-2-4-22(20)33-23-21(29)15-25(27-24(23)30,18-9-14-32-16-18)17-5-7-19(8-6-17)28-10-12-31-13-11-28;1-5(2,3)4;1-2/h1-9,14,16,29H,10-13,15H2,(H,27,30);1-4H3;2H,1H3/q;+1;/p-1/t25-;;/m1../s1. The topological polar surface area (TPSA) is 84.9 Å². The minimum absolute atomic E-state index is 0.152. The molecule has 1 amide bonds. The number of hydrogen-bond acceptors (Lipinski definition) is 7. The zero-order valence-electron chi connectivity index (χ0n) is 23.6. The fourth-order valence-corrected chi connectivity index (χ4v) is 6.13. The van der Waals surface area contributed by atoms with Gasteiger partial charge < -0.3 is 29.6 Å². The molecule has 0 aliphatic carbocycles. The summed E-state index contributed by atoms with van der Waals surface area (Å²) in [7, 11) is 9.50. The van der Waals surface area contributed by atoms with Crippen molar-refractivity contribution in [2.75, 3.05) is 66.5 Å². The van der Waals surface area contributed by atoms with Gasteiger partial charge in [0.2, 0.25) is 0 Å². The molecule has 10 heteroatoms. The van der Waals surface area contributed by atoms with Crippen LogP contribution in [0.3, 0.4) is 0 Å². The number of benzene rings is 2. The summed E-state index contributed by atoms with van der Waals surface area (Å²) >= 11 is 8.94. The quantitative estimate of drug-likeness (QED) is 0.423. The summed E-state index contributed by atoms with van der Waals surface area (Å²) in [6.45, 7) is 3.13. The highest BCUT2D eigenvalue weighted by atomic mass is 35.5. The summed E-state index contributed by atoms with van der Waals surface area (Å²) in [4.78, 5) is 16.4. The number of carbonyl (C=O) groups is 1. The van der Waals surface area contributed by atoms with Gasteiger partial charge in [-0.3, -0.25) is 4.79 Å². The van der Waals surface area contributed by atoms with E-state index in [1.54, 1.807) is 17.4 Å². The maximum atomic E-state index is 13.3. The largest absolute Gasteiger partial charge is 0.874 e. The third kappa shape index (κ3) is 8.25. The zero-order chi connectivity index (χ0) is 29.3. The van der Waals surface area contributed by atoms with Crippen molar-refractivity contribution >= 4 is 46.3 Å². The van der Waals surface area contributed by atoms with Gasteiger partial charge in [0.05, 0.1) is 56.9 Å². The molecule has 2 aliphatic rings. The van der Waals surface area contributed by atoms with Crippen LogP contribution in [0.4, 0.5) is 5.69 Å². The Balaban J connectivity index is 0.000000570. The molecule has 7 nitrogen and oxygen atoms in total. The van der Waals surface area contributed by atoms with E-state index >= 15 is 0 Å². The minimum atomic E-state index is -0.901. The molecule has 1 saturated heterocycles. The van der Waals surface area contributed by atoms with Crippen LogP contribution < -0.4 is 15.3 Å².